The molecule has 1 N–H and O–H groups in total. The van der Waals surface area contributed by atoms with E-state index in [4.69, 9.17) is 4.74 Å². The van der Waals surface area contributed by atoms with Crippen LogP contribution in [-0.2, 0) is 9.59 Å². The lowest BCUT2D eigenvalue weighted by molar-refractivity contribution is -0.175. The minimum atomic E-state index is -0.746. The maximum Gasteiger partial charge on any atom is 0.238 e. The smallest absolute Gasteiger partial charge is 0.238 e. The Bertz CT molecular complexity index is 898. The second-order valence-corrected chi connectivity index (χ2v) is 7.83. The first-order valence-corrected chi connectivity index (χ1v) is 9.89. The normalized spacial score (nSPS) is 26.8. The van der Waals surface area contributed by atoms with Crippen LogP contribution in [0.3, 0.4) is 0 Å². The largest absolute Gasteiger partial charge is 0.468 e. The quantitative estimate of drug-likeness (QED) is 0.827. The van der Waals surface area contributed by atoms with E-state index in [0.717, 1.165) is 16.9 Å². The first-order chi connectivity index (χ1) is 13.4. The van der Waals surface area contributed by atoms with Crippen LogP contribution >= 0.6 is 0 Å². The number of rotatable bonds is 4. The molecule has 4 rings (SSSR count). The Hall–Kier alpha value is -2.82. The number of para-hydroxylation sites is 1. The zero-order valence-corrected chi connectivity index (χ0v) is 16.5. The predicted octanol–water partition coefficient (Wildman–Crippen LogP) is 3.62. The van der Waals surface area contributed by atoms with Gasteiger partial charge in [0.15, 0.2) is 5.72 Å². The molecule has 5 nitrogen and oxygen atoms in total. The highest BCUT2D eigenvalue weighted by Crippen LogP contribution is 2.50. The first kappa shape index (κ1) is 18.5. The molecule has 2 aliphatic heterocycles. The van der Waals surface area contributed by atoms with E-state index in [1.54, 1.807) is 4.90 Å². The van der Waals surface area contributed by atoms with Crippen LogP contribution in [0.2, 0.25) is 0 Å². The third kappa shape index (κ3) is 2.95. The standard InChI is InChI=1S/C23H26N2O3/c1-4-25-22(27)20(21(26)24-15(2)16-10-6-5-7-11-16)18-14-23(25,3)28-19-13-9-8-12-17(18)19/h5-13,15,18,20H,4,14H2,1-3H3,(H,24,26)/t15-,18-,20-,23-/m0/s1. The number of nitrogens with zero attached hydrogens (tertiary/aromatic N) is 1. The van der Waals surface area contributed by atoms with Gasteiger partial charge < -0.3 is 15.0 Å². The highest BCUT2D eigenvalue weighted by molar-refractivity contribution is 6.02. The third-order valence-electron chi connectivity index (χ3n) is 6.01. The van der Waals surface area contributed by atoms with Crippen molar-refractivity contribution < 1.29 is 14.3 Å². The molecule has 0 radical (unpaired) electrons. The van der Waals surface area contributed by atoms with Crippen molar-refractivity contribution in [3.8, 4) is 5.75 Å². The van der Waals surface area contributed by atoms with E-state index in [-0.39, 0.29) is 23.8 Å². The van der Waals surface area contributed by atoms with Gasteiger partial charge in [0.1, 0.15) is 11.7 Å². The Morgan fingerprint density at radius 3 is 2.61 bits per heavy atom. The lowest BCUT2D eigenvalue weighted by Gasteiger charge is -2.52. The number of carbonyl (C=O) groups is 2. The number of nitrogens with one attached hydrogen (secondary N) is 1. The van der Waals surface area contributed by atoms with E-state index in [2.05, 4.69) is 5.32 Å². The zero-order valence-electron chi connectivity index (χ0n) is 16.5. The number of likely N-dealkylation sites (tertiary alicyclic amines) is 1. The van der Waals surface area contributed by atoms with Crippen molar-refractivity contribution in [1.29, 1.82) is 0 Å². The molecule has 0 aromatic heterocycles. The Kier molecular flexibility index (Phi) is 4.61. The molecule has 4 atom stereocenters. The van der Waals surface area contributed by atoms with Gasteiger partial charge in [0.2, 0.25) is 11.8 Å². The van der Waals surface area contributed by atoms with Crippen LogP contribution < -0.4 is 10.1 Å². The van der Waals surface area contributed by atoms with Crippen molar-refractivity contribution in [3.05, 3.63) is 65.7 Å². The lowest BCUT2D eigenvalue weighted by atomic mass is 9.73. The van der Waals surface area contributed by atoms with Gasteiger partial charge in [0.25, 0.3) is 0 Å². The van der Waals surface area contributed by atoms with Gasteiger partial charge in [-0.1, -0.05) is 48.5 Å². The number of amides is 2. The first-order valence-electron chi connectivity index (χ1n) is 9.89. The van der Waals surface area contributed by atoms with Crippen molar-refractivity contribution in [2.75, 3.05) is 6.54 Å². The Morgan fingerprint density at radius 2 is 1.89 bits per heavy atom. The summed E-state index contributed by atoms with van der Waals surface area (Å²) < 4.78 is 6.22. The molecular formula is C23H26N2O3. The molecule has 146 valence electrons. The molecule has 1 saturated heterocycles. The summed E-state index contributed by atoms with van der Waals surface area (Å²) in [5, 5.41) is 3.06. The van der Waals surface area contributed by atoms with Gasteiger partial charge in [-0.3, -0.25) is 9.59 Å². The Labute approximate surface area is 165 Å². The van der Waals surface area contributed by atoms with Crippen LogP contribution in [0.4, 0.5) is 0 Å². The molecule has 2 aromatic carbocycles. The van der Waals surface area contributed by atoms with Crippen LogP contribution in [0.5, 0.6) is 5.75 Å². The van der Waals surface area contributed by atoms with E-state index in [9.17, 15) is 9.59 Å². The van der Waals surface area contributed by atoms with Crippen LogP contribution in [0.15, 0.2) is 54.6 Å². The average molecular weight is 378 g/mol. The molecule has 2 aliphatic rings. The molecule has 0 aliphatic carbocycles. The molecule has 2 heterocycles. The Morgan fingerprint density at radius 1 is 1.21 bits per heavy atom. The van der Waals surface area contributed by atoms with Gasteiger partial charge in [-0.25, -0.2) is 0 Å². The van der Waals surface area contributed by atoms with Crippen LogP contribution in [-0.4, -0.2) is 29.0 Å². The molecule has 28 heavy (non-hydrogen) atoms. The second kappa shape index (κ2) is 6.97. The average Bonchev–Trinajstić information content (AvgIpc) is 2.68. The van der Waals surface area contributed by atoms with E-state index < -0.39 is 11.6 Å². The molecule has 1 fully saturated rings. The summed E-state index contributed by atoms with van der Waals surface area (Å²) in [6.07, 6.45) is 0.612. The molecule has 0 unspecified atom stereocenters. The minimum absolute atomic E-state index is 0.159. The highest BCUT2D eigenvalue weighted by Gasteiger charge is 2.55. The molecule has 0 spiro atoms. The van der Waals surface area contributed by atoms with E-state index in [1.165, 1.54) is 0 Å². The fourth-order valence-corrected chi connectivity index (χ4v) is 4.63. The number of ether oxygens (including phenoxy) is 1. The summed E-state index contributed by atoms with van der Waals surface area (Å²) in [5.41, 5.74) is 1.24. The zero-order chi connectivity index (χ0) is 19.9. The summed E-state index contributed by atoms with van der Waals surface area (Å²) in [5.74, 6) is -0.546. The van der Waals surface area contributed by atoms with Crippen molar-refractivity contribution >= 4 is 11.8 Å². The van der Waals surface area contributed by atoms with Gasteiger partial charge in [-0.05, 0) is 38.0 Å². The highest BCUT2D eigenvalue weighted by atomic mass is 16.5. The van der Waals surface area contributed by atoms with Crippen LogP contribution in [0.25, 0.3) is 0 Å². The van der Waals surface area contributed by atoms with Gasteiger partial charge in [0.05, 0.1) is 6.04 Å². The summed E-state index contributed by atoms with van der Waals surface area (Å²) in [6.45, 7) is 6.31. The van der Waals surface area contributed by atoms with Crippen molar-refractivity contribution in [1.82, 2.24) is 10.2 Å². The lowest BCUT2D eigenvalue weighted by Crippen LogP contribution is -2.64. The number of hydrogen-bond donors (Lipinski definition) is 1. The molecule has 2 bridgehead atoms. The number of piperidine rings is 1. The van der Waals surface area contributed by atoms with Gasteiger partial charge in [-0.15, -0.1) is 0 Å². The summed E-state index contributed by atoms with van der Waals surface area (Å²) >= 11 is 0. The van der Waals surface area contributed by atoms with Gasteiger partial charge in [0, 0.05) is 18.9 Å². The molecule has 0 saturated carbocycles. The van der Waals surface area contributed by atoms with Crippen molar-refractivity contribution in [2.24, 2.45) is 5.92 Å². The number of carbonyl (C=O) groups excluding carboxylic acids is 2. The van der Waals surface area contributed by atoms with Gasteiger partial charge >= 0.3 is 0 Å². The fourth-order valence-electron chi connectivity index (χ4n) is 4.63. The topological polar surface area (TPSA) is 58.6 Å². The SMILES string of the molecule is CCN1C(=O)[C@H](C(=O)N[C@@H](C)c2ccccc2)[C@H]2C[C@]1(C)Oc1ccccc12. The van der Waals surface area contributed by atoms with E-state index in [0.29, 0.717) is 13.0 Å². The molecule has 2 amide bonds. The molecular weight excluding hydrogens is 352 g/mol. The minimum Gasteiger partial charge on any atom is -0.468 e. The van der Waals surface area contributed by atoms with Crippen molar-refractivity contribution in [2.45, 2.75) is 44.9 Å². The summed E-state index contributed by atoms with van der Waals surface area (Å²) in [7, 11) is 0. The van der Waals surface area contributed by atoms with Crippen LogP contribution in [0, 0.1) is 5.92 Å². The fraction of sp³-hybridized carbons (Fsp3) is 0.391. The summed E-state index contributed by atoms with van der Waals surface area (Å²) in [6, 6.07) is 17.4. The maximum absolute atomic E-state index is 13.3. The molecule has 5 heteroatoms. The second-order valence-electron chi connectivity index (χ2n) is 7.83. The van der Waals surface area contributed by atoms with E-state index in [1.807, 2.05) is 75.4 Å². The Balaban J connectivity index is 1.68. The number of fused-ring (bicyclic) bond motifs is 4. The van der Waals surface area contributed by atoms with E-state index >= 15 is 0 Å². The van der Waals surface area contributed by atoms with Gasteiger partial charge in [-0.2, -0.15) is 0 Å². The monoisotopic (exact) mass is 378 g/mol. The van der Waals surface area contributed by atoms with Crippen LogP contribution in [0.1, 0.15) is 50.3 Å². The molecule has 2 aromatic rings. The predicted molar refractivity (Wildman–Crippen MR) is 107 cm³/mol. The maximum atomic E-state index is 13.3. The van der Waals surface area contributed by atoms with Crippen molar-refractivity contribution in [3.63, 3.8) is 0 Å². The number of hydrogen-bond acceptors (Lipinski definition) is 3. The summed E-state index contributed by atoms with van der Waals surface area (Å²) in [4.78, 5) is 28.3. The number of benzene rings is 2. The third-order valence-corrected chi connectivity index (χ3v) is 6.01.